The largest absolute Gasteiger partial charge is 0.462 e. The van der Waals surface area contributed by atoms with Gasteiger partial charge in [0, 0.05) is 43.4 Å². The second-order valence-electron chi connectivity index (χ2n) is 9.12. The number of nitrogens with zero attached hydrogens (tertiary/aromatic N) is 3. The molecule has 0 fully saturated rings. The Kier molecular flexibility index (Phi) is 8.76. The zero-order chi connectivity index (χ0) is 27.4. The van der Waals surface area contributed by atoms with Crippen LogP contribution in [-0.2, 0) is 9.53 Å². The van der Waals surface area contributed by atoms with E-state index < -0.39 is 5.97 Å². The van der Waals surface area contributed by atoms with Crippen LogP contribution in [0.3, 0.4) is 0 Å². The van der Waals surface area contributed by atoms with Crippen molar-refractivity contribution in [2.75, 3.05) is 23.9 Å². The SMILES string of the molecule is C=CC(=O)OCC(CSc1ccc2ncsc2c1)(CSc1ccc2ncsc2c1)CSc1ccc2ncsc2c1. The molecule has 3 heterocycles. The van der Waals surface area contributed by atoms with E-state index in [2.05, 4.69) is 76.1 Å². The maximum Gasteiger partial charge on any atom is 0.330 e. The van der Waals surface area contributed by atoms with E-state index in [4.69, 9.17) is 4.74 Å². The number of thiazole rings is 3. The van der Waals surface area contributed by atoms with Crippen molar-refractivity contribution in [3.63, 3.8) is 0 Å². The minimum absolute atomic E-state index is 0.305. The average Bonchev–Trinajstić information content (AvgIpc) is 3.76. The summed E-state index contributed by atoms with van der Waals surface area (Å²) in [5.41, 5.74) is 8.38. The van der Waals surface area contributed by atoms with Crippen molar-refractivity contribution in [3.05, 3.63) is 83.8 Å². The van der Waals surface area contributed by atoms with Crippen molar-refractivity contribution < 1.29 is 9.53 Å². The summed E-state index contributed by atoms with van der Waals surface area (Å²) in [5.74, 6) is 1.96. The van der Waals surface area contributed by atoms with Gasteiger partial charge in [-0.25, -0.2) is 19.7 Å². The highest BCUT2D eigenvalue weighted by Gasteiger charge is 2.33. The van der Waals surface area contributed by atoms with Crippen molar-refractivity contribution in [1.29, 1.82) is 0 Å². The molecule has 0 atom stereocenters. The number of rotatable bonds is 12. The summed E-state index contributed by atoms with van der Waals surface area (Å²) in [4.78, 5) is 29.1. The molecule has 0 N–H and O–H groups in total. The van der Waals surface area contributed by atoms with Crippen molar-refractivity contribution in [3.8, 4) is 0 Å². The average molecular weight is 638 g/mol. The second kappa shape index (κ2) is 12.6. The maximum absolute atomic E-state index is 12.3. The third-order valence-corrected chi connectivity index (χ3v) is 12.6. The molecule has 6 aromatic rings. The number of hydrogen-bond acceptors (Lipinski definition) is 11. The van der Waals surface area contributed by atoms with E-state index in [1.165, 1.54) is 34.9 Å². The molecule has 3 aromatic heterocycles. The van der Waals surface area contributed by atoms with Gasteiger partial charge in [0.2, 0.25) is 0 Å². The van der Waals surface area contributed by atoms with Gasteiger partial charge < -0.3 is 4.74 Å². The third kappa shape index (κ3) is 6.56. The Morgan fingerprint density at radius 2 is 1.12 bits per heavy atom. The van der Waals surface area contributed by atoms with Gasteiger partial charge >= 0.3 is 5.97 Å². The number of carbonyl (C=O) groups excluding carboxylic acids is 1. The number of hydrogen-bond donors (Lipinski definition) is 0. The van der Waals surface area contributed by atoms with Gasteiger partial charge in [-0.3, -0.25) is 0 Å². The summed E-state index contributed by atoms with van der Waals surface area (Å²) < 4.78 is 9.30. The molecule has 0 aliphatic heterocycles. The third-order valence-electron chi connectivity index (χ3n) is 6.23. The minimum atomic E-state index is -0.396. The summed E-state index contributed by atoms with van der Waals surface area (Å²) >= 11 is 10.4. The van der Waals surface area contributed by atoms with Gasteiger partial charge in [0.1, 0.15) is 0 Å². The Bertz CT molecular complexity index is 1600. The predicted molar refractivity (Wildman–Crippen MR) is 175 cm³/mol. The van der Waals surface area contributed by atoms with Crippen molar-refractivity contribution >= 4 is 106 Å². The molecular weight excluding hydrogens is 615 g/mol. The number of esters is 1. The van der Waals surface area contributed by atoms with Gasteiger partial charge in [-0.15, -0.1) is 69.3 Å². The van der Waals surface area contributed by atoms with Gasteiger partial charge in [-0.05, 0) is 54.6 Å². The molecule has 11 heteroatoms. The van der Waals surface area contributed by atoms with Gasteiger partial charge in [0.15, 0.2) is 0 Å². The molecule has 0 radical (unpaired) electrons. The molecule has 0 spiro atoms. The molecule has 5 nitrogen and oxygen atoms in total. The molecule has 3 aromatic carbocycles. The van der Waals surface area contributed by atoms with Crippen LogP contribution in [0.5, 0.6) is 0 Å². The first-order valence-corrected chi connectivity index (χ1v) is 17.9. The number of thioether (sulfide) groups is 3. The lowest BCUT2D eigenvalue weighted by Gasteiger charge is -2.32. The van der Waals surface area contributed by atoms with E-state index in [1.54, 1.807) is 69.3 Å². The molecule has 0 aliphatic rings. The Balaban J connectivity index is 1.28. The normalized spacial score (nSPS) is 11.9. The second-order valence-corrected chi connectivity index (χ2v) is 14.9. The van der Waals surface area contributed by atoms with Crippen LogP contribution in [0.1, 0.15) is 0 Å². The molecule has 0 amide bonds. The summed E-state index contributed by atoms with van der Waals surface area (Å²) in [5, 5.41) is 0. The van der Waals surface area contributed by atoms with Crippen LogP contribution < -0.4 is 0 Å². The van der Waals surface area contributed by atoms with Crippen LogP contribution in [0, 0.1) is 5.41 Å². The van der Waals surface area contributed by atoms with E-state index in [-0.39, 0.29) is 5.41 Å². The van der Waals surface area contributed by atoms with Crippen LogP contribution >= 0.6 is 69.3 Å². The highest BCUT2D eigenvalue weighted by atomic mass is 32.2. The van der Waals surface area contributed by atoms with E-state index >= 15 is 0 Å². The van der Waals surface area contributed by atoms with E-state index in [9.17, 15) is 4.79 Å². The lowest BCUT2D eigenvalue weighted by Crippen LogP contribution is -2.36. The zero-order valence-electron chi connectivity index (χ0n) is 21.1. The Hall–Kier alpha value is -2.41. The Morgan fingerprint density at radius 3 is 1.50 bits per heavy atom. The van der Waals surface area contributed by atoms with Crippen LogP contribution in [0.15, 0.2) is 98.5 Å². The van der Waals surface area contributed by atoms with Crippen LogP contribution in [0.4, 0.5) is 0 Å². The van der Waals surface area contributed by atoms with Gasteiger partial charge in [-0.2, -0.15) is 0 Å². The first kappa shape index (κ1) is 27.7. The standard InChI is InChI=1S/C29H23N3O2S6/c1-2-28(33)34-12-29(13-35-19-3-6-22-25(9-19)38-16-30-22,14-36-20-4-7-23-26(10-20)39-17-31-23)15-37-21-5-8-24-27(11-21)40-18-32-24/h2-11,16-18H,1,12-15H2. The first-order valence-electron chi connectivity index (χ1n) is 12.3. The number of fused-ring (bicyclic) bond motifs is 3. The molecule has 0 bridgehead atoms. The summed E-state index contributed by atoms with van der Waals surface area (Å²) in [6, 6.07) is 19.2. The topological polar surface area (TPSA) is 65.0 Å². The Labute approximate surface area is 256 Å². The molecule has 6 rings (SSSR count). The number of aromatic nitrogens is 3. The van der Waals surface area contributed by atoms with E-state index in [0.717, 1.165) is 33.8 Å². The first-order chi connectivity index (χ1) is 19.6. The summed E-state index contributed by atoms with van der Waals surface area (Å²) in [6.45, 7) is 3.91. The summed E-state index contributed by atoms with van der Waals surface area (Å²) in [6.07, 6.45) is 1.24. The Morgan fingerprint density at radius 1 is 0.725 bits per heavy atom. The fourth-order valence-electron chi connectivity index (χ4n) is 4.02. The van der Waals surface area contributed by atoms with E-state index in [0.29, 0.717) is 6.61 Å². The van der Waals surface area contributed by atoms with Crippen molar-refractivity contribution in [2.45, 2.75) is 14.7 Å². The number of ether oxygens (including phenoxy) is 1. The minimum Gasteiger partial charge on any atom is -0.462 e. The maximum atomic E-state index is 12.3. The van der Waals surface area contributed by atoms with E-state index in [1.807, 2.05) is 16.5 Å². The molecular formula is C29H23N3O2S6. The smallest absolute Gasteiger partial charge is 0.330 e. The quantitative estimate of drug-likeness (QED) is 0.0749. The molecule has 40 heavy (non-hydrogen) atoms. The summed E-state index contributed by atoms with van der Waals surface area (Å²) in [7, 11) is 0. The zero-order valence-corrected chi connectivity index (χ0v) is 26.0. The van der Waals surface area contributed by atoms with Crippen LogP contribution in [-0.4, -0.2) is 44.8 Å². The van der Waals surface area contributed by atoms with Gasteiger partial charge in [-0.1, -0.05) is 6.58 Å². The lowest BCUT2D eigenvalue weighted by atomic mass is 9.97. The molecule has 0 aliphatic carbocycles. The highest BCUT2D eigenvalue weighted by Crippen LogP contribution is 2.40. The lowest BCUT2D eigenvalue weighted by molar-refractivity contribution is -0.140. The number of carbonyl (C=O) groups is 1. The van der Waals surface area contributed by atoms with Crippen LogP contribution in [0.2, 0.25) is 0 Å². The number of benzene rings is 3. The molecule has 0 saturated heterocycles. The molecule has 0 unspecified atom stereocenters. The fourth-order valence-corrected chi connectivity index (χ4v) is 10.2. The van der Waals surface area contributed by atoms with Crippen LogP contribution in [0.25, 0.3) is 30.6 Å². The predicted octanol–water partition coefficient (Wildman–Crippen LogP) is 8.91. The monoisotopic (exact) mass is 637 g/mol. The van der Waals surface area contributed by atoms with Gasteiger partial charge in [0.25, 0.3) is 0 Å². The molecule has 0 saturated carbocycles. The van der Waals surface area contributed by atoms with Gasteiger partial charge in [0.05, 0.1) is 53.8 Å². The fraction of sp³-hybridized carbons (Fsp3) is 0.172. The highest BCUT2D eigenvalue weighted by molar-refractivity contribution is 8.01. The van der Waals surface area contributed by atoms with Crippen molar-refractivity contribution in [2.24, 2.45) is 5.41 Å². The molecule has 202 valence electrons. The van der Waals surface area contributed by atoms with Crippen molar-refractivity contribution in [1.82, 2.24) is 15.0 Å².